The quantitative estimate of drug-likeness (QED) is 0.391. The van der Waals surface area contributed by atoms with Gasteiger partial charge in [0, 0.05) is 18.5 Å². The largest absolute Gasteiger partial charge is 0.466 e. The summed E-state index contributed by atoms with van der Waals surface area (Å²) in [5.41, 5.74) is 0.509. The fourth-order valence-electron chi connectivity index (χ4n) is 1.04. The van der Waals surface area contributed by atoms with Crippen LogP contribution in [-0.2, 0) is 14.3 Å². The predicted octanol–water partition coefficient (Wildman–Crippen LogP) is 1.80. The summed E-state index contributed by atoms with van der Waals surface area (Å²) in [6.45, 7) is 8.17. The van der Waals surface area contributed by atoms with Crippen molar-refractivity contribution in [1.82, 2.24) is 5.32 Å². The maximum Gasteiger partial charge on any atom is 0.305 e. The second-order valence-corrected chi connectivity index (χ2v) is 3.71. The number of rotatable bonds is 8. The van der Waals surface area contributed by atoms with Gasteiger partial charge in [0.2, 0.25) is 5.91 Å². The molecule has 0 rings (SSSR count). The van der Waals surface area contributed by atoms with Crippen LogP contribution in [0.1, 0.15) is 39.5 Å². The minimum Gasteiger partial charge on any atom is -0.466 e. The molecular formula is C12H21NO3. The fourth-order valence-corrected chi connectivity index (χ4v) is 1.04. The number of hydrogen-bond donors (Lipinski definition) is 1. The number of amides is 1. The van der Waals surface area contributed by atoms with Gasteiger partial charge < -0.3 is 10.1 Å². The Kier molecular flexibility index (Phi) is 8.21. The summed E-state index contributed by atoms with van der Waals surface area (Å²) in [4.78, 5) is 22.0. The van der Waals surface area contributed by atoms with E-state index in [-0.39, 0.29) is 11.9 Å². The van der Waals surface area contributed by atoms with Crippen molar-refractivity contribution in [2.75, 3.05) is 13.2 Å². The van der Waals surface area contributed by atoms with E-state index >= 15 is 0 Å². The van der Waals surface area contributed by atoms with Crippen LogP contribution in [0.15, 0.2) is 12.2 Å². The molecule has 0 aliphatic carbocycles. The summed E-state index contributed by atoms with van der Waals surface area (Å²) in [5, 5.41) is 2.72. The number of esters is 1. The van der Waals surface area contributed by atoms with Crippen molar-refractivity contribution in [3.8, 4) is 0 Å². The van der Waals surface area contributed by atoms with Gasteiger partial charge in [-0.15, -0.1) is 0 Å². The lowest BCUT2D eigenvalue weighted by Gasteiger charge is -2.05. The van der Waals surface area contributed by atoms with Crippen LogP contribution in [-0.4, -0.2) is 25.0 Å². The summed E-state index contributed by atoms with van der Waals surface area (Å²) >= 11 is 0. The molecule has 0 aromatic carbocycles. The van der Waals surface area contributed by atoms with Crippen LogP contribution < -0.4 is 5.32 Å². The molecule has 0 heterocycles. The van der Waals surface area contributed by atoms with E-state index in [1.165, 1.54) is 0 Å². The molecule has 0 saturated carbocycles. The van der Waals surface area contributed by atoms with Gasteiger partial charge in [-0.1, -0.05) is 13.5 Å². The lowest BCUT2D eigenvalue weighted by atomic mass is 10.3. The van der Waals surface area contributed by atoms with Crippen molar-refractivity contribution in [2.45, 2.75) is 39.5 Å². The Bertz CT molecular complexity index is 249. The third-order valence-corrected chi connectivity index (χ3v) is 1.96. The Morgan fingerprint density at radius 3 is 2.56 bits per heavy atom. The topological polar surface area (TPSA) is 55.4 Å². The zero-order valence-electron chi connectivity index (χ0n) is 10.2. The monoisotopic (exact) mass is 227 g/mol. The van der Waals surface area contributed by atoms with Crippen LogP contribution in [0.3, 0.4) is 0 Å². The predicted molar refractivity (Wildman–Crippen MR) is 62.9 cm³/mol. The second-order valence-electron chi connectivity index (χ2n) is 3.71. The van der Waals surface area contributed by atoms with Gasteiger partial charge in [-0.3, -0.25) is 9.59 Å². The van der Waals surface area contributed by atoms with Crippen molar-refractivity contribution in [3.63, 3.8) is 0 Å². The molecule has 0 spiro atoms. The van der Waals surface area contributed by atoms with Gasteiger partial charge >= 0.3 is 5.97 Å². The van der Waals surface area contributed by atoms with Gasteiger partial charge in [0.1, 0.15) is 0 Å². The summed E-state index contributed by atoms with van der Waals surface area (Å²) in [6, 6.07) is 0. The highest BCUT2D eigenvalue weighted by atomic mass is 16.5. The van der Waals surface area contributed by atoms with Gasteiger partial charge in [-0.2, -0.15) is 0 Å². The van der Waals surface area contributed by atoms with E-state index in [0.717, 1.165) is 19.3 Å². The molecule has 4 heteroatoms. The highest BCUT2D eigenvalue weighted by Crippen LogP contribution is 1.95. The van der Waals surface area contributed by atoms with E-state index in [0.29, 0.717) is 25.1 Å². The van der Waals surface area contributed by atoms with Crippen molar-refractivity contribution >= 4 is 11.9 Å². The first-order valence-electron chi connectivity index (χ1n) is 5.67. The average Bonchev–Trinajstić information content (AvgIpc) is 2.23. The first-order valence-corrected chi connectivity index (χ1v) is 5.67. The lowest BCUT2D eigenvalue weighted by molar-refractivity contribution is -0.143. The number of hydrogen-bond acceptors (Lipinski definition) is 3. The summed E-state index contributed by atoms with van der Waals surface area (Å²) in [7, 11) is 0. The van der Waals surface area contributed by atoms with Gasteiger partial charge in [0.05, 0.1) is 6.61 Å². The van der Waals surface area contributed by atoms with Crippen LogP contribution >= 0.6 is 0 Å². The molecule has 4 nitrogen and oxygen atoms in total. The highest BCUT2D eigenvalue weighted by Gasteiger charge is 2.01. The minimum atomic E-state index is -0.145. The molecular weight excluding hydrogens is 206 g/mol. The van der Waals surface area contributed by atoms with E-state index in [4.69, 9.17) is 4.74 Å². The summed E-state index contributed by atoms with van der Waals surface area (Å²) < 4.78 is 4.97. The highest BCUT2D eigenvalue weighted by molar-refractivity contribution is 5.91. The first kappa shape index (κ1) is 14.7. The fraction of sp³-hybridized carbons (Fsp3) is 0.667. The Hall–Kier alpha value is -1.32. The molecule has 1 amide bonds. The molecule has 0 aromatic heterocycles. The SMILES string of the molecule is C=C(C)C(=O)NCCCCOC(=O)CCC. The third kappa shape index (κ3) is 8.03. The van der Waals surface area contributed by atoms with Crippen molar-refractivity contribution in [3.05, 3.63) is 12.2 Å². The number of carbonyl (C=O) groups is 2. The molecule has 0 aliphatic heterocycles. The molecule has 0 radical (unpaired) electrons. The molecule has 0 fully saturated rings. The maximum absolute atomic E-state index is 11.1. The Balaban J connectivity index is 3.31. The lowest BCUT2D eigenvalue weighted by Crippen LogP contribution is -2.24. The van der Waals surface area contributed by atoms with Crippen LogP contribution in [0.2, 0.25) is 0 Å². The van der Waals surface area contributed by atoms with Gasteiger partial charge in [0.25, 0.3) is 0 Å². The Morgan fingerprint density at radius 1 is 1.31 bits per heavy atom. The zero-order valence-corrected chi connectivity index (χ0v) is 10.2. The van der Waals surface area contributed by atoms with Crippen molar-refractivity contribution < 1.29 is 14.3 Å². The van der Waals surface area contributed by atoms with Crippen molar-refractivity contribution in [2.24, 2.45) is 0 Å². The zero-order chi connectivity index (χ0) is 12.4. The second kappa shape index (κ2) is 8.95. The third-order valence-electron chi connectivity index (χ3n) is 1.96. The molecule has 0 aromatic rings. The molecule has 0 unspecified atom stereocenters. The molecule has 0 saturated heterocycles. The van der Waals surface area contributed by atoms with Crippen LogP contribution in [0, 0.1) is 0 Å². The van der Waals surface area contributed by atoms with Gasteiger partial charge in [-0.05, 0) is 26.2 Å². The number of ether oxygens (including phenoxy) is 1. The molecule has 0 aliphatic rings. The van der Waals surface area contributed by atoms with E-state index in [1.54, 1.807) is 6.92 Å². The Labute approximate surface area is 97.1 Å². The number of nitrogens with one attached hydrogen (secondary N) is 1. The summed E-state index contributed by atoms with van der Waals surface area (Å²) in [6.07, 6.45) is 2.87. The van der Waals surface area contributed by atoms with Crippen molar-refractivity contribution in [1.29, 1.82) is 0 Å². The first-order chi connectivity index (χ1) is 7.57. The molecule has 0 atom stereocenters. The number of unbranched alkanes of at least 4 members (excludes halogenated alkanes) is 1. The average molecular weight is 227 g/mol. The van der Waals surface area contributed by atoms with E-state index in [1.807, 2.05) is 6.92 Å². The maximum atomic E-state index is 11.1. The Morgan fingerprint density at radius 2 is 2.00 bits per heavy atom. The molecule has 16 heavy (non-hydrogen) atoms. The molecule has 92 valence electrons. The summed E-state index contributed by atoms with van der Waals surface area (Å²) in [5.74, 6) is -0.267. The molecule has 0 bridgehead atoms. The van der Waals surface area contributed by atoms with Crippen LogP contribution in [0.5, 0.6) is 0 Å². The smallest absolute Gasteiger partial charge is 0.305 e. The van der Waals surface area contributed by atoms with Crippen LogP contribution in [0.4, 0.5) is 0 Å². The standard InChI is InChI=1S/C12H21NO3/c1-4-7-11(14)16-9-6-5-8-13-12(15)10(2)3/h2,4-9H2,1,3H3,(H,13,15). The minimum absolute atomic E-state index is 0.122. The van der Waals surface area contributed by atoms with Gasteiger partial charge in [0.15, 0.2) is 0 Å². The number of carbonyl (C=O) groups excluding carboxylic acids is 2. The van der Waals surface area contributed by atoms with E-state index in [2.05, 4.69) is 11.9 Å². The van der Waals surface area contributed by atoms with E-state index < -0.39 is 0 Å². The normalized spacial score (nSPS) is 9.62. The molecule has 1 N–H and O–H groups in total. The van der Waals surface area contributed by atoms with E-state index in [9.17, 15) is 9.59 Å². The van der Waals surface area contributed by atoms with Crippen LogP contribution in [0.25, 0.3) is 0 Å². The van der Waals surface area contributed by atoms with Gasteiger partial charge in [-0.25, -0.2) is 0 Å².